The van der Waals surface area contributed by atoms with E-state index in [4.69, 9.17) is 10.3 Å². The van der Waals surface area contributed by atoms with Crippen LogP contribution in [0.1, 0.15) is 17.9 Å². The van der Waals surface area contributed by atoms with Gasteiger partial charge in [-0.05, 0) is 12.0 Å². The Balaban J connectivity index is 1.76. The van der Waals surface area contributed by atoms with Gasteiger partial charge in [0.1, 0.15) is 0 Å². The summed E-state index contributed by atoms with van der Waals surface area (Å²) in [6.07, 6.45) is 0.643. The third-order valence-electron chi connectivity index (χ3n) is 3.43. The topological polar surface area (TPSA) is 102 Å². The summed E-state index contributed by atoms with van der Waals surface area (Å²) in [6.45, 7) is 1.12. The van der Waals surface area contributed by atoms with Gasteiger partial charge in [0.2, 0.25) is 21.7 Å². The first kappa shape index (κ1) is 14.2. The number of hydrogen-bond acceptors (Lipinski definition) is 6. The quantitative estimate of drug-likeness (QED) is 0.893. The molecule has 7 nitrogen and oxygen atoms in total. The number of sulfonamides is 1. The molecule has 1 fully saturated rings. The summed E-state index contributed by atoms with van der Waals surface area (Å²) >= 11 is 0. The maximum absolute atomic E-state index is 11.7. The molecule has 112 valence electrons. The van der Waals surface area contributed by atoms with Crippen molar-refractivity contribution in [2.75, 3.05) is 12.3 Å². The number of benzene rings is 1. The highest BCUT2D eigenvalue weighted by molar-refractivity contribution is 7.89. The lowest BCUT2D eigenvalue weighted by Gasteiger charge is -2.10. The van der Waals surface area contributed by atoms with Gasteiger partial charge in [0, 0.05) is 18.7 Å². The van der Waals surface area contributed by atoms with Crippen molar-refractivity contribution >= 4 is 10.0 Å². The van der Waals surface area contributed by atoms with E-state index in [0.717, 1.165) is 11.1 Å². The summed E-state index contributed by atoms with van der Waals surface area (Å²) in [6, 6.07) is 7.53. The fraction of sp³-hybridized carbons (Fsp3) is 0.385. The third kappa shape index (κ3) is 2.97. The summed E-state index contributed by atoms with van der Waals surface area (Å²) in [5.74, 6) is 0.942. The first-order chi connectivity index (χ1) is 10.1. The molecule has 0 aliphatic carbocycles. The molecule has 1 aromatic heterocycles. The van der Waals surface area contributed by atoms with Crippen LogP contribution in [0.4, 0.5) is 0 Å². The van der Waals surface area contributed by atoms with E-state index >= 15 is 0 Å². The lowest BCUT2D eigenvalue weighted by Crippen LogP contribution is -2.25. The molecule has 1 aliphatic rings. The molecule has 1 aliphatic heterocycles. The Morgan fingerprint density at radius 3 is 2.67 bits per heavy atom. The van der Waals surface area contributed by atoms with Crippen LogP contribution in [0.5, 0.6) is 0 Å². The average molecular weight is 308 g/mol. The van der Waals surface area contributed by atoms with E-state index in [2.05, 4.69) is 10.1 Å². The number of nitrogens with two attached hydrogens (primary N) is 1. The lowest BCUT2D eigenvalue weighted by atomic mass is 10.1. The molecule has 21 heavy (non-hydrogen) atoms. The van der Waals surface area contributed by atoms with Crippen LogP contribution in [-0.4, -0.2) is 35.2 Å². The standard InChI is InChI=1S/C13H16N4O3S/c14-8-10-2-4-11(5-3-10)13-15-12(20-16-13)9-17-6-1-7-21(17,18)19/h2-5H,1,6-9,14H2. The minimum absolute atomic E-state index is 0.135. The van der Waals surface area contributed by atoms with Crippen LogP contribution < -0.4 is 5.73 Å². The van der Waals surface area contributed by atoms with Gasteiger partial charge in [-0.3, -0.25) is 0 Å². The van der Waals surface area contributed by atoms with Crippen LogP contribution in [0.15, 0.2) is 28.8 Å². The van der Waals surface area contributed by atoms with Crippen LogP contribution in [0.3, 0.4) is 0 Å². The summed E-state index contributed by atoms with van der Waals surface area (Å²) < 4.78 is 30.0. The van der Waals surface area contributed by atoms with Crippen LogP contribution in [0, 0.1) is 0 Å². The maximum atomic E-state index is 11.7. The summed E-state index contributed by atoms with van der Waals surface area (Å²) in [5, 5.41) is 3.89. The Morgan fingerprint density at radius 2 is 2.05 bits per heavy atom. The lowest BCUT2D eigenvalue weighted by molar-refractivity contribution is 0.326. The SMILES string of the molecule is NCc1ccc(-c2noc(CN3CCCS3(=O)=O)n2)cc1. The molecule has 0 bridgehead atoms. The second-order valence-corrected chi connectivity index (χ2v) is 7.00. The van der Waals surface area contributed by atoms with Gasteiger partial charge in [0.15, 0.2) is 0 Å². The van der Waals surface area contributed by atoms with Gasteiger partial charge in [-0.15, -0.1) is 0 Å². The van der Waals surface area contributed by atoms with Crippen LogP contribution in [0.2, 0.25) is 0 Å². The molecule has 1 saturated heterocycles. The average Bonchev–Trinajstić information content (AvgIpc) is 3.07. The summed E-state index contributed by atoms with van der Waals surface area (Å²) in [5.41, 5.74) is 7.38. The van der Waals surface area contributed by atoms with Crippen molar-refractivity contribution in [1.82, 2.24) is 14.4 Å². The van der Waals surface area contributed by atoms with Gasteiger partial charge in [0.05, 0.1) is 12.3 Å². The van der Waals surface area contributed by atoms with Crippen LogP contribution >= 0.6 is 0 Å². The van der Waals surface area contributed by atoms with Crippen molar-refractivity contribution < 1.29 is 12.9 Å². The first-order valence-electron chi connectivity index (χ1n) is 6.68. The van der Waals surface area contributed by atoms with Gasteiger partial charge >= 0.3 is 0 Å². The van der Waals surface area contributed by atoms with Gasteiger partial charge < -0.3 is 10.3 Å². The Kier molecular flexibility index (Phi) is 3.75. The fourth-order valence-electron chi connectivity index (χ4n) is 2.25. The molecule has 3 rings (SSSR count). The second kappa shape index (κ2) is 5.55. The molecule has 2 aromatic rings. The molecule has 0 spiro atoms. The van der Waals surface area contributed by atoms with E-state index in [1.165, 1.54) is 4.31 Å². The zero-order valence-corrected chi connectivity index (χ0v) is 12.2. The fourth-order valence-corrected chi connectivity index (χ4v) is 3.71. The predicted octanol–water partition coefficient (Wildman–Crippen LogP) is 0.731. The normalized spacial score (nSPS) is 18.1. The van der Waals surface area contributed by atoms with E-state index in [0.29, 0.717) is 31.2 Å². The number of rotatable bonds is 4. The van der Waals surface area contributed by atoms with E-state index in [1.54, 1.807) is 0 Å². The molecule has 0 amide bonds. The van der Waals surface area contributed by atoms with Crippen molar-refractivity contribution in [2.24, 2.45) is 5.73 Å². The highest BCUT2D eigenvalue weighted by Gasteiger charge is 2.29. The van der Waals surface area contributed by atoms with E-state index in [9.17, 15) is 8.42 Å². The van der Waals surface area contributed by atoms with E-state index < -0.39 is 10.0 Å². The second-order valence-electron chi connectivity index (χ2n) is 4.92. The summed E-state index contributed by atoms with van der Waals surface area (Å²) in [7, 11) is -3.16. The minimum atomic E-state index is -3.16. The Morgan fingerprint density at radius 1 is 1.29 bits per heavy atom. The predicted molar refractivity (Wildman–Crippen MR) is 76.4 cm³/mol. The van der Waals surface area contributed by atoms with E-state index in [-0.39, 0.29) is 12.3 Å². The third-order valence-corrected chi connectivity index (χ3v) is 5.33. The molecule has 2 heterocycles. The molecular weight excluding hydrogens is 292 g/mol. The molecule has 0 saturated carbocycles. The van der Waals surface area contributed by atoms with Gasteiger partial charge in [0.25, 0.3) is 0 Å². The Hall–Kier alpha value is -1.77. The van der Waals surface area contributed by atoms with Gasteiger partial charge in [-0.2, -0.15) is 9.29 Å². The molecule has 1 aromatic carbocycles. The molecule has 0 radical (unpaired) electrons. The molecular formula is C13H16N4O3S. The van der Waals surface area contributed by atoms with Crippen molar-refractivity contribution in [3.05, 3.63) is 35.7 Å². The van der Waals surface area contributed by atoms with Crippen LogP contribution in [-0.2, 0) is 23.1 Å². The molecule has 0 atom stereocenters. The van der Waals surface area contributed by atoms with Gasteiger partial charge in [-0.25, -0.2) is 8.42 Å². The molecule has 2 N–H and O–H groups in total. The smallest absolute Gasteiger partial charge is 0.242 e. The number of hydrogen-bond donors (Lipinski definition) is 1. The Bertz CT molecular complexity index is 724. The van der Waals surface area contributed by atoms with Crippen molar-refractivity contribution in [1.29, 1.82) is 0 Å². The minimum Gasteiger partial charge on any atom is -0.338 e. The maximum Gasteiger partial charge on any atom is 0.242 e. The largest absolute Gasteiger partial charge is 0.338 e. The van der Waals surface area contributed by atoms with Crippen molar-refractivity contribution in [2.45, 2.75) is 19.5 Å². The first-order valence-corrected chi connectivity index (χ1v) is 8.29. The Labute approximate surface area is 122 Å². The zero-order valence-electron chi connectivity index (χ0n) is 11.4. The van der Waals surface area contributed by atoms with Crippen molar-refractivity contribution in [3.8, 4) is 11.4 Å². The molecule has 0 unspecified atom stereocenters. The highest BCUT2D eigenvalue weighted by atomic mass is 32.2. The highest BCUT2D eigenvalue weighted by Crippen LogP contribution is 2.20. The van der Waals surface area contributed by atoms with Crippen LogP contribution in [0.25, 0.3) is 11.4 Å². The van der Waals surface area contributed by atoms with Gasteiger partial charge in [-0.1, -0.05) is 29.4 Å². The number of aromatic nitrogens is 2. The monoisotopic (exact) mass is 308 g/mol. The van der Waals surface area contributed by atoms with Crippen molar-refractivity contribution in [3.63, 3.8) is 0 Å². The molecule has 8 heteroatoms. The summed E-state index contributed by atoms with van der Waals surface area (Å²) in [4.78, 5) is 4.25. The zero-order chi connectivity index (χ0) is 14.9. The number of nitrogens with zero attached hydrogens (tertiary/aromatic N) is 3. The van der Waals surface area contributed by atoms with E-state index in [1.807, 2.05) is 24.3 Å².